The lowest BCUT2D eigenvalue weighted by Gasteiger charge is -2.06. The van der Waals surface area contributed by atoms with Crippen LogP contribution in [-0.2, 0) is 0 Å². The first kappa shape index (κ1) is 4.33. The topological polar surface area (TPSA) is 41.6 Å². The van der Waals surface area contributed by atoms with Crippen molar-refractivity contribution < 1.29 is 0 Å². The molecule has 7 heavy (non-hydrogen) atoms. The highest BCUT2D eigenvalue weighted by Crippen LogP contribution is 1.89. The molecule has 1 aliphatic rings. The summed E-state index contributed by atoms with van der Waals surface area (Å²) in [6.45, 7) is 0. The maximum atomic E-state index is 5.18. The first-order valence-electron chi connectivity index (χ1n) is 2.12. The van der Waals surface area contributed by atoms with E-state index in [4.69, 9.17) is 5.84 Å². The zero-order chi connectivity index (χ0) is 5.11. The Labute approximate surface area is 42.1 Å². The second-order valence-corrected chi connectivity index (χ2v) is 1.30. The zero-order valence-corrected chi connectivity index (χ0v) is 3.91. The number of rotatable bonds is 0. The molecule has 0 aliphatic carbocycles. The highest BCUT2D eigenvalue weighted by atomic mass is 15.6. The third-order valence-electron chi connectivity index (χ3n) is 0.715. The van der Waals surface area contributed by atoms with E-state index in [1.54, 1.807) is 12.4 Å². The SMILES string of the molecule is NN1C=CCC=N1. The Kier molecular flexibility index (Phi) is 1.08. The Morgan fingerprint density at radius 2 is 2.57 bits per heavy atom. The van der Waals surface area contributed by atoms with Crippen LogP contribution in [0.15, 0.2) is 17.4 Å². The predicted octanol–water partition coefficient (Wildman–Crippen LogP) is 0.0653. The van der Waals surface area contributed by atoms with Crippen molar-refractivity contribution in [3.05, 3.63) is 12.3 Å². The van der Waals surface area contributed by atoms with Crippen LogP contribution in [0.2, 0.25) is 0 Å². The number of hydrogen-bond donors (Lipinski definition) is 1. The normalized spacial score (nSPS) is 18.1. The van der Waals surface area contributed by atoms with Crippen LogP contribution in [0.25, 0.3) is 0 Å². The number of nitrogens with two attached hydrogens (primary N) is 1. The van der Waals surface area contributed by atoms with Gasteiger partial charge in [-0.3, -0.25) is 0 Å². The van der Waals surface area contributed by atoms with Gasteiger partial charge in [0.25, 0.3) is 0 Å². The molecular formula is C4H7N3. The van der Waals surface area contributed by atoms with Gasteiger partial charge in [0, 0.05) is 18.8 Å². The zero-order valence-electron chi connectivity index (χ0n) is 3.91. The summed E-state index contributed by atoms with van der Waals surface area (Å²) < 4.78 is 0. The van der Waals surface area contributed by atoms with Gasteiger partial charge in [-0.2, -0.15) is 5.10 Å². The summed E-state index contributed by atoms with van der Waals surface area (Å²) in [6.07, 6.45) is 6.31. The molecule has 0 fully saturated rings. The van der Waals surface area contributed by atoms with Gasteiger partial charge in [0.15, 0.2) is 0 Å². The first-order chi connectivity index (χ1) is 3.39. The predicted molar refractivity (Wildman–Crippen MR) is 28.3 cm³/mol. The largest absolute Gasteiger partial charge is 0.227 e. The maximum Gasteiger partial charge on any atom is 0.0378 e. The van der Waals surface area contributed by atoms with Crippen molar-refractivity contribution in [3.63, 3.8) is 0 Å². The van der Waals surface area contributed by atoms with Gasteiger partial charge < -0.3 is 0 Å². The number of hydrazone groups is 1. The molecule has 0 aromatic heterocycles. The van der Waals surface area contributed by atoms with E-state index in [9.17, 15) is 0 Å². The van der Waals surface area contributed by atoms with Gasteiger partial charge in [-0.15, -0.1) is 0 Å². The van der Waals surface area contributed by atoms with Gasteiger partial charge in [-0.1, -0.05) is 6.08 Å². The van der Waals surface area contributed by atoms with Crippen molar-refractivity contribution in [2.75, 3.05) is 0 Å². The van der Waals surface area contributed by atoms with E-state index in [-0.39, 0.29) is 0 Å². The Bertz CT molecular complexity index is 93.5. The Morgan fingerprint density at radius 1 is 1.71 bits per heavy atom. The highest BCUT2D eigenvalue weighted by molar-refractivity contribution is 5.59. The van der Waals surface area contributed by atoms with E-state index in [2.05, 4.69) is 5.10 Å². The van der Waals surface area contributed by atoms with Crippen molar-refractivity contribution in [3.8, 4) is 0 Å². The van der Waals surface area contributed by atoms with Gasteiger partial charge in [-0.25, -0.2) is 11.0 Å². The van der Waals surface area contributed by atoms with E-state index in [1.807, 2.05) is 6.08 Å². The third kappa shape index (κ3) is 1.01. The minimum atomic E-state index is 0.897. The molecule has 3 nitrogen and oxygen atoms in total. The molecule has 1 rings (SSSR count). The lowest BCUT2D eigenvalue weighted by Crippen LogP contribution is -2.19. The van der Waals surface area contributed by atoms with E-state index >= 15 is 0 Å². The van der Waals surface area contributed by atoms with Gasteiger partial charge in [0.1, 0.15) is 0 Å². The fourth-order valence-corrected chi connectivity index (χ4v) is 0.410. The summed E-state index contributed by atoms with van der Waals surface area (Å²) in [7, 11) is 0. The van der Waals surface area contributed by atoms with Crippen LogP contribution in [-0.4, -0.2) is 11.3 Å². The van der Waals surface area contributed by atoms with Crippen molar-refractivity contribution >= 4 is 6.21 Å². The lowest BCUT2D eigenvalue weighted by molar-refractivity contribution is 0.416. The average molecular weight is 97.1 g/mol. The molecule has 1 heterocycles. The highest BCUT2D eigenvalue weighted by Gasteiger charge is 1.85. The molecule has 0 unspecified atom stereocenters. The summed E-state index contributed by atoms with van der Waals surface area (Å²) in [5.74, 6) is 5.18. The van der Waals surface area contributed by atoms with Crippen LogP contribution in [0.3, 0.4) is 0 Å². The van der Waals surface area contributed by atoms with Gasteiger partial charge >= 0.3 is 0 Å². The van der Waals surface area contributed by atoms with Crippen molar-refractivity contribution in [2.24, 2.45) is 10.9 Å². The number of nitrogens with zero attached hydrogens (tertiary/aromatic N) is 2. The lowest BCUT2D eigenvalue weighted by atomic mass is 10.4. The van der Waals surface area contributed by atoms with Crippen LogP contribution < -0.4 is 5.84 Å². The number of hydrogen-bond acceptors (Lipinski definition) is 3. The van der Waals surface area contributed by atoms with E-state index < -0.39 is 0 Å². The molecule has 0 atom stereocenters. The van der Waals surface area contributed by atoms with Crippen molar-refractivity contribution in [1.29, 1.82) is 0 Å². The molecule has 0 bridgehead atoms. The molecule has 0 spiro atoms. The maximum absolute atomic E-state index is 5.18. The van der Waals surface area contributed by atoms with E-state index in [0.29, 0.717) is 0 Å². The van der Waals surface area contributed by atoms with Crippen LogP contribution in [0, 0.1) is 0 Å². The molecule has 0 aromatic carbocycles. The molecule has 0 amide bonds. The standard InChI is InChI=1S/C4H7N3/c5-7-4-2-1-3-6-7/h2-4H,1,5H2. The van der Waals surface area contributed by atoms with Crippen LogP contribution in [0.4, 0.5) is 0 Å². The van der Waals surface area contributed by atoms with Crippen LogP contribution in [0.5, 0.6) is 0 Å². The third-order valence-corrected chi connectivity index (χ3v) is 0.715. The van der Waals surface area contributed by atoms with Gasteiger partial charge in [0.2, 0.25) is 0 Å². The second kappa shape index (κ2) is 1.75. The molecule has 2 N–H and O–H groups in total. The van der Waals surface area contributed by atoms with Crippen LogP contribution >= 0.6 is 0 Å². The second-order valence-electron chi connectivity index (χ2n) is 1.30. The number of allylic oxidation sites excluding steroid dienone is 1. The summed E-state index contributed by atoms with van der Waals surface area (Å²) in [6, 6.07) is 0. The summed E-state index contributed by atoms with van der Waals surface area (Å²) in [5.41, 5.74) is 0. The summed E-state index contributed by atoms with van der Waals surface area (Å²) in [5, 5.41) is 5.01. The minimum absolute atomic E-state index is 0.897. The Morgan fingerprint density at radius 3 is 2.86 bits per heavy atom. The van der Waals surface area contributed by atoms with E-state index in [0.717, 1.165) is 6.42 Å². The fourth-order valence-electron chi connectivity index (χ4n) is 0.410. The molecular weight excluding hydrogens is 90.1 g/mol. The van der Waals surface area contributed by atoms with Gasteiger partial charge in [0.05, 0.1) is 0 Å². The van der Waals surface area contributed by atoms with Gasteiger partial charge in [-0.05, 0) is 0 Å². The first-order valence-corrected chi connectivity index (χ1v) is 2.12. The molecule has 0 saturated heterocycles. The Hall–Kier alpha value is -0.830. The molecule has 3 heteroatoms. The van der Waals surface area contributed by atoms with Crippen molar-refractivity contribution in [2.45, 2.75) is 6.42 Å². The van der Waals surface area contributed by atoms with Crippen LogP contribution in [0.1, 0.15) is 6.42 Å². The summed E-state index contributed by atoms with van der Waals surface area (Å²) in [4.78, 5) is 0. The molecule has 0 aromatic rings. The quantitative estimate of drug-likeness (QED) is 0.434. The van der Waals surface area contributed by atoms with Crippen molar-refractivity contribution in [1.82, 2.24) is 5.12 Å². The monoisotopic (exact) mass is 97.1 g/mol. The molecule has 1 aliphatic heterocycles. The fraction of sp³-hybridized carbons (Fsp3) is 0.250. The summed E-state index contributed by atoms with van der Waals surface area (Å²) >= 11 is 0. The smallest absolute Gasteiger partial charge is 0.0378 e. The minimum Gasteiger partial charge on any atom is -0.227 e. The average Bonchev–Trinajstić information content (AvgIpc) is 1.69. The molecule has 0 radical (unpaired) electrons. The Balaban J connectivity index is 2.49. The number of hydrazine groups is 1. The van der Waals surface area contributed by atoms with E-state index in [1.165, 1.54) is 5.12 Å². The molecule has 38 valence electrons. The molecule has 0 saturated carbocycles.